The van der Waals surface area contributed by atoms with Gasteiger partial charge in [-0.1, -0.05) is 24.3 Å². The molecule has 1 atom stereocenters. The first kappa shape index (κ1) is 16.0. The number of para-hydroxylation sites is 3. The van der Waals surface area contributed by atoms with Gasteiger partial charge in [-0.25, -0.2) is 0 Å². The van der Waals surface area contributed by atoms with E-state index in [2.05, 4.69) is 15.9 Å². The van der Waals surface area contributed by atoms with Crippen molar-refractivity contribution in [3.8, 4) is 5.75 Å². The van der Waals surface area contributed by atoms with E-state index >= 15 is 0 Å². The molecule has 0 radical (unpaired) electrons. The molecule has 1 aliphatic rings. The van der Waals surface area contributed by atoms with Crippen LogP contribution in [0, 0.1) is 0 Å². The molecule has 122 valence electrons. The minimum atomic E-state index is -1.47. The number of hydrogen-bond acceptors (Lipinski definition) is 5. The van der Waals surface area contributed by atoms with Gasteiger partial charge in [-0.15, -0.1) is 5.14 Å². The van der Waals surface area contributed by atoms with E-state index in [9.17, 15) is 4.55 Å². The molecule has 0 aliphatic carbocycles. The highest BCUT2D eigenvalue weighted by Gasteiger charge is 2.23. The van der Waals surface area contributed by atoms with Crippen molar-refractivity contribution in [3.05, 3.63) is 48.5 Å². The van der Waals surface area contributed by atoms with Crippen molar-refractivity contribution in [2.45, 2.75) is 4.90 Å². The zero-order valence-electron chi connectivity index (χ0n) is 13.1. The average molecular weight is 331 g/mol. The number of anilines is 2. The SMILES string of the molecule is COc1ccccc1N1CCN(c2ccccc2[S+](N)[O-])CC1. The van der Waals surface area contributed by atoms with Gasteiger partial charge in [0.1, 0.15) is 5.75 Å². The van der Waals surface area contributed by atoms with E-state index in [0.717, 1.165) is 43.3 Å². The van der Waals surface area contributed by atoms with E-state index in [1.54, 1.807) is 7.11 Å². The first-order chi connectivity index (χ1) is 11.2. The summed E-state index contributed by atoms with van der Waals surface area (Å²) in [6, 6.07) is 15.7. The molecular weight excluding hydrogens is 310 g/mol. The maximum Gasteiger partial charge on any atom is 0.196 e. The molecule has 5 nitrogen and oxygen atoms in total. The Morgan fingerprint density at radius 1 is 0.913 bits per heavy atom. The minimum absolute atomic E-state index is 0.693. The zero-order valence-corrected chi connectivity index (χ0v) is 14.0. The van der Waals surface area contributed by atoms with Crippen molar-refractivity contribution in [3.63, 3.8) is 0 Å². The quantitative estimate of drug-likeness (QED) is 0.868. The molecule has 2 N–H and O–H groups in total. The predicted molar refractivity (Wildman–Crippen MR) is 94.5 cm³/mol. The number of nitrogens with two attached hydrogens (primary N) is 1. The lowest BCUT2D eigenvalue weighted by Gasteiger charge is -2.38. The minimum Gasteiger partial charge on any atom is -0.593 e. The molecule has 3 rings (SSSR count). The number of benzene rings is 2. The molecule has 1 fully saturated rings. The summed E-state index contributed by atoms with van der Waals surface area (Å²) in [4.78, 5) is 5.25. The summed E-state index contributed by atoms with van der Waals surface area (Å²) in [7, 11) is 1.70. The van der Waals surface area contributed by atoms with Gasteiger partial charge in [0.2, 0.25) is 0 Å². The van der Waals surface area contributed by atoms with Crippen LogP contribution in [-0.4, -0.2) is 37.8 Å². The van der Waals surface area contributed by atoms with Gasteiger partial charge < -0.3 is 19.1 Å². The van der Waals surface area contributed by atoms with Crippen molar-refractivity contribution >= 4 is 22.7 Å². The molecule has 1 aliphatic heterocycles. The highest BCUT2D eigenvalue weighted by Crippen LogP contribution is 2.30. The summed E-state index contributed by atoms with van der Waals surface area (Å²) in [5.41, 5.74) is 2.08. The summed E-state index contributed by atoms with van der Waals surface area (Å²) in [6.45, 7) is 3.47. The average Bonchev–Trinajstić information content (AvgIpc) is 2.62. The van der Waals surface area contributed by atoms with Crippen LogP contribution in [0.2, 0.25) is 0 Å². The smallest absolute Gasteiger partial charge is 0.196 e. The third-order valence-corrected chi connectivity index (χ3v) is 4.91. The highest BCUT2D eigenvalue weighted by molar-refractivity contribution is 7.89. The number of rotatable bonds is 4. The molecule has 1 unspecified atom stereocenters. The van der Waals surface area contributed by atoms with E-state index in [-0.39, 0.29) is 0 Å². The fourth-order valence-corrected chi connectivity index (χ4v) is 3.58. The monoisotopic (exact) mass is 331 g/mol. The Kier molecular flexibility index (Phi) is 4.95. The first-order valence-corrected chi connectivity index (χ1v) is 8.80. The molecule has 2 aromatic carbocycles. The van der Waals surface area contributed by atoms with Crippen LogP contribution in [0.4, 0.5) is 11.4 Å². The van der Waals surface area contributed by atoms with Crippen LogP contribution in [0.1, 0.15) is 0 Å². The number of hydrogen-bond donors (Lipinski definition) is 1. The van der Waals surface area contributed by atoms with Gasteiger partial charge in [-0.05, 0) is 24.3 Å². The van der Waals surface area contributed by atoms with Crippen LogP contribution < -0.4 is 19.7 Å². The molecule has 6 heteroatoms. The van der Waals surface area contributed by atoms with Gasteiger partial charge in [0.25, 0.3) is 0 Å². The number of methoxy groups -OCH3 is 1. The van der Waals surface area contributed by atoms with Crippen LogP contribution in [-0.2, 0) is 11.4 Å². The number of piperazine rings is 1. The van der Waals surface area contributed by atoms with Crippen molar-refractivity contribution < 1.29 is 9.29 Å². The second-order valence-electron chi connectivity index (χ2n) is 5.41. The van der Waals surface area contributed by atoms with E-state index in [0.29, 0.717) is 4.90 Å². The number of ether oxygens (including phenoxy) is 1. The third-order valence-electron chi connectivity index (χ3n) is 4.13. The molecule has 0 amide bonds. The first-order valence-electron chi connectivity index (χ1n) is 7.59. The molecule has 0 spiro atoms. The highest BCUT2D eigenvalue weighted by atomic mass is 32.2. The van der Waals surface area contributed by atoms with Gasteiger partial charge in [0.05, 0.1) is 29.8 Å². The summed E-state index contributed by atoms with van der Waals surface area (Å²) in [5.74, 6) is 0.893. The Morgan fingerprint density at radius 3 is 2.04 bits per heavy atom. The summed E-state index contributed by atoms with van der Waals surface area (Å²) < 4.78 is 17.2. The zero-order chi connectivity index (χ0) is 16.2. The standard InChI is InChI=1S/C17H21N3O2S/c1-22-16-8-4-2-6-14(16)19-10-12-20(13-11-19)15-7-3-5-9-17(15)23(18)21/h2-9H,10-13,18H2,1H3. The molecule has 1 saturated heterocycles. The van der Waals surface area contributed by atoms with Gasteiger partial charge in [0.15, 0.2) is 4.90 Å². The van der Waals surface area contributed by atoms with Crippen LogP contribution >= 0.6 is 0 Å². The third kappa shape index (κ3) is 3.39. The van der Waals surface area contributed by atoms with E-state index in [4.69, 9.17) is 9.88 Å². The Hall–Kier alpha value is -1.89. The largest absolute Gasteiger partial charge is 0.593 e. The van der Waals surface area contributed by atoms with Crippen molar-refractivity contribution in [1.82, 2.24) is 0 Å². The Labute approximate surface area is 140 Å². The molecule has 0 aromatic heterocycles. The van der Waals surface area contributed by atoms with Gasteiger partial charge in [0, 0.05) is 26.2 Å². The van der Waals surface area contributed by atoms with Gasteiger partial charge in [-0.3, -0.25) is 0 Å². The fraction of sp³-hybridized carbons (Fsp3) is 0.294. The van der Waals surface area contributed by atoms with Crippen molar-refractivity contribution in [1.29, 1.82) is 0 Å². The summed E-state index contributed by atoms with van der Waals surface area (Å²) in [6.07, 6.45) is 0. The normalized spacial score (nSPS) is 16.3. The molecule has 0 bridgehead atoms. The number of nitrogens with zero attached hydrogens (tertiary/aromatic N) is 2. The summed E-state index contributed by atoms with van der Waals surface area (Å²) in [5, 5.41) is 5.60. The van der Waals surface area contributed by atoms with Gasteiger partial charge >= 0.3 is 0 Å². The predicted octanol–water partition coefficient (Wildman–Crippen LogP) is 2.00. The van der Waals surface area contributed by atoms with Crippen molar-refractivity contribution in [2.24, 2.45) is 5.14 Å². The molecule has 23 heavy (non-hydrogen) atoms. The lowest BCUT2D eigenvalue weighted by molar-refractivity contribution is 0.413. The van der Waals surface area contributed by atoms with Gasteiger partial charge in [-0.2, -0.15) is 0 Å². The fourth-order valence-electron chi connectivity index (χ4n) is 2.97. The van der Waals surface area contributed by atoms with Crippen LogP contribution in [0.3, 0.4) is 0 Å². The topological polar surface area (TPSA) is 64.8 Å². The van der Waals surface area contributed by atoms with Crippen molar-refractivity contribution in [2.75, 3.05) is 43.1 Å². The second kappa shape index (κ2) is 7.12. The Balaban J connectivity index is 1.74. The maximum atomic E-state index is 11.7. The molecule has 0 saturated carbocycles. The van der Waals surface area contributed by atoms with Crippen LogP contribution in [0.25, 0.3) is 0 Å². The Morgan fingerprint density at radius 2 is 1.43 bits per heavy atom. The van der Waals surface area contributed by atoms with E-state index in [1.807, 2.05) is 42.5 Å². The molecular formula is C17H21N3O2S. The molecule has 2 aromatic rings. The summed E-state index contributed by atoms with van der Waals surface area (Å²) >= 11 is -1.47. The Bertz CT molecular complexity index is 658. The van der Waals surface area contributed by atoms with E-state index < -0.39 is 11.4 Å². The maximum absolute atomic E-state index is 11.7. The van der Waals surface area contributed by atoms with Crippen LogP contribution in [0.15, 0.2) is 53.4 Å². The lowest BCUT2D eigenvalue weighted by Crippen LogP contribution is -2.47. The van der Waals surface area contributed by atoms with Crippen LogP contribution in [0.5, 0.6) is 5.75 Å². The van der Waals surface area contributed by atoms with E-state index in [1.165, 1.54) is 0 Å². The molecule has 1 heterocycles. The second-order valence-corrected chi connectivity index (χ2v) is 6.45. The lowest BCUT2D eigenvalue weighted by atomic mass is 10.2.